The predicted octanol–water partition coefficient (Wildman–Crippen LogP) is 5.47. The quantitative estimate of drug-likeness (QED) is 0.337. The number of fused-ring (bicyclic) bond motifs is 1. The average Bonchev–Trinajstić information content (AvgIpc) is 3.50. The lowest BCUT2D eigenvalue weighted by atomic mass is 9.90. The number of ketones is 2. The fraction of sp³-hybridized carbons (Fsp3) is 0.393. The minimum absolute atomic E-state index is 0.165. The molecular weight excluding hydrogens is 467 g/mol. The van der Waals surface area contributed by atoms with Gasteiger partial charge in [0.15, 0.2) is 0 Å². The van der Waals surface area contributed by atoms with Gasteiger partial charge in [0.05, 0.1) is 21.7 Å². The number of likely N-dealkylation sites (tertiary alicyclic amines) is 1. The molecule has 5 nitrogen and oxygen atoms in total. The predicted molar refractivity (Wildman–Crippen MR) is 133 cm³/mol. The summed E-state index contributed by atoms with van der Waals surface area (Å²) < 4.78 is 14.9. The first-order valence-corrected chi connectivity index (χ1v) is 12.5. The molecule has 35 heavy (non-hydrogen) atoms. The van der Waals surface area contributed by atoms with Gasteiger partial charge in [-0.2, -0.15) is 0 Å². The molecule has 1 saturated heterocycles. The van der Waals surface area contributed by atoms with E-state index in [0.29, 0.717) is 46.1 Å². The maximum atomic E-state index is 13.4. The molecule has 0 bridgehead atoms. The van der Waals surface area contributed by atoms with Crippen molar-refractivity contribution in [3.05, 3.63) is 70.1 Å². The molecule has 2 atom stereocenters. The molecule has 0 N–H and O–H groups in total. The summed E-state index contributed by atoms with van der Waals surface area (Å²) in [4.78, 5) is 40.8. The highest BCUT2D eigenvalue weighted by atomic mass is 35.5. The van der Waals surface area contributed by atoms with Gasteiger partial charge in [0, 0.05) is 37.6 Å². The summed E-state index contributed by atoms with van der Waals surface area (Å²) >= 11 is 6.53. The van der Waals surface area contributed by atoms with Crippen LogP contribution in [0.4, 0.5) is 4.39 Å². The Hall–Kier alpha value is -2.99. The van der Waals surface area contributed by atoms with Crippen molar-refractivity contribution in [1.82, 2.24) is 9.47 Å². The van der Waals surface area contributed by atoms with E-state index in [4.69, 9.17) is 11.6 Å². The molecule has 2 fully saturated rings. The number of carbonyl (C=O) groups is 3. The third-order valence-corrected chi connectivity index (χ3v) is 7.88. The highest BCUT2D eigenvalue weighted by Crippen LogP contribution is 2.40. The van der Waals surface area contributed by atoms with E-state index in [2.05, 4.69) is 0 Å². The van der Waals surface area contributed by atoms with Crippen molar-refractivity contribution < 1.29 is 18.8 Å². The molecule has 2 unspecified atom stereocenters. The summed E-state index contributed by atoms with van der Waals surface area (Å²) in [6.07, 6.45) is 4.97. The fourth-order valence-corrected chi connectivity index (χ4v) is 5.44. The molecule has 0 radical (unpaired) electrons. The zero-order chi connectivity index (χ0) is 24.9. The van der Waals surface area contributed by atoms with Gasteiger partial charge in [-0.05, 0) is 67.3 Å². The Balaban J connectivity index is 1.33. The molecule has 1 aromatic heterocycles. The van der Waals surface area contributed by atoms with Crippen molar-refractivity contribution in [3.63, 3.8) is 0 Å². The third-order valence-electron chi connectivity index (χ3n) is 7.56. The highest BCUT2D eigenvalue weighted by molar-refractivity contribution is 6.47. The number of halogens is 2. The molecule has 0 spiro atoms. The van der Waals surface area contributed by atoms with Gasteiger partial charge in [-0.15, -0.1) is 0 Å². The maximum Gasteiger partial charge on any atom is 0.255 e. The van der Waals surface area contributed by atoms with Crippen LogP contribution in [0.3, 0.4) is 0 Å². The molecule has 1 aliphatic heterocycles. The van der Waals surface area contributed by atoms with Crippen LogP contribution in [-0.4, -0.2) is 40.0 Å². The number of rotatable bonds is 6. The van der Waals surface area contributed by atoms with E-state index >= 15 is 0 Å². The lowest BCUT2D eigenvalue weighted by Crippen LogP contribution is -2.39. The third kappa shape index (κ3) is 4.64. The Kier molecular flexibility index (Phi) is 6.26. The first-order valence-electron chi connectivity index (χ1n) is 12.1. The summed E-state index contributed by atoms with van der Waals surface area (Å²) in [5.74, 6) is -0.763. The average molecular weight is 495 g/mol. The number of aryl methyl sites for hydroxylation is 1. The molecule has 1 amide bonds. The van der Waals surface area contributed by atoms with Crippen LogP contribution in [0.15, 0.2) is 42.6 Å². The van der Waals surface area contributed by atoms with Gasteiger partial charge in [0.1, 0.15) is 5.82 Å². The molecule has 5 rings (SSSR count). The van der Waals surface area contributed by atoms with E-state index in [9.17, 15) is 18.8 Å². The molecule has 3 aromatic rings. The Morgan fingerprint density at radius 1 is 1.06 bits per heavy atom. The van der Waals surface area contributed by atoms with Gasteiger partial charge >= 0.3 is 0 Å². The number of Topliss-reactive ketones (excluding diaryl/α,β-unsaturated/α-hetero) is 2. The molecule has 182 valence electrons. The zero-order valence-corrected chi connectivity index (χ0v) is 20.6. The zero-order valence-electron chi connectivity index (χ0n) is 19.9. The fourth-order valence-electron chi connectivity index (χ4n) is 5.20. The van der Waals surface area contributed by atoms with Crippen molar-refractivity contribution in [2.75, 3.05) is 13.1 Å². The minimum atomic E-state index is -0.493. The van der Waals surface area contributed by atoms with Crippen molar-refractivity contribution in [2.24, 2.45) is 24.8 Å². The highest BCUT2D eigenvalue weighted by Gasteiger charge is 2.42. The van der Waals surface area contributed by atoms with Gasteiger partial charge in [-0.1, -0.05) is 30.7 Å². The number of amides is 1. The van der Waals surface area contributed by atoms with E-state index in [-0.39, 0.29) is 29.3 Å². The second-order valence-electron chi connectivity index (χ2n) is 10.1. The number of benzene rings is 2. The minimum Gasteiger partial charge on any atom is -0.350 e. The van der Waals surface area contributed by atoms with Gasteiger partial charge in [-0.3, -0.25) is 14.4 Å². The maximum absolute atomic E-state index is 13.4. The van der Waals surface area contributed by atoms with Crippen LogP contribution >= 0.6 is 11.6 Å². The molecule has 2 heterocycles. The number of hydrogen-bond acceptors (Lipinski definition) is 3. The van der Waals surface area contributed by atoms with E-state index in [1.54, 1.807) is 34.8 Å². The molecule has 2 aromatic carbocycles. The van der Waals surface area contributed by atoms with Crippen molar-refractivity contribution in [2.45, 2.75) is 32.6 Å². The summed E-state index contributed by atoms with van der Waals surface area (Å²) in [7, 11) is 1.80. The van der Waals surface area contributed by atoms with Crippen LogP contribution in [0.25, 0.3) is 10.9 Å². The first kappa shape index (κ1) is 23.7. The standard InChI is InChI=1S/C28H28ClFN2O3/c1-16-11-20(16)26(33)27(34)23-15-31(2)25-14-24(29)22(13-21(23)25)28(35)32-9-7-18(8-10-32)12-17-3-5-19(30)6-4-17/h3-6,13-16,18,20H,7-12H2,1-2H3. The van der Waals surface area contributed by atoms with E-state index in [0.717, 1.165) is 31.2 Å². The van der Waals surface area contributed by atoms with Gasteiger partial charge in [0.2, 0.25) is 11.6 Å². The molecule has 7 heteroatoms. The second kappa shape index (κ2) is 9.23. The SMILES string of the molecule is CC1CC1C(=O)C(=O)c1cn(C)c2cc(Cl)c(C(=O)N3CCC(Cc4ccc(F)cc4)CC3)cc12. The van der Waals surface area contributed by atoms with Gasteiger partial charge < -0.3 is 9.47 Å². The molecule has 2 aliphatic rings. The van der Waals surface area contributed by atoms with E-state index < -0.39 is 5.78 Å². The Morgan fingerprint density at radius 2 is 1.71 bits per heavy atom. The van der Waals surface area contributed by atoms with Crippen molar-refractivity contribution >= 4 is 40.0 Å². The van der Waals surface area contributed by atoms with Gasteiger partial charge in [0.25, 0.3) is 5.91 Å². The van der Waals surface area contributed by atoms with Crippen LogP contribution < -0.4 is 0 Å². The monoisotopic (exact) mass is 494 g/mol. The number of aromatic nitrogens is 1. The van der Waals surface area contributed by atoms with Crippen LogP contribution in [0, 0.1) is 23.6 Å². The molecule has 1 aliphatic carbocycles. The van der Waals surface area contributed by atoms with Crippen molar-refractivity contribution in [3.8, 4) is 0 Å². The summed E-state index contributed by atoms with van der Waals surface area (Å²) in [6.45, 7) is 3.19. The Bertz CT molecular complexity index is 1320. The van der Waals surface area contributed by atoms with Crippen molar-refractivity contribution in [1.29, 1.82) is 0 Å². The smallest absolute Gasteiger partial charge is 0.255 e. The first-order chi connectivity index (χ1) is 16.7. The molecular formula is C28H28ClFN2O3. The lowest BCUT2D eigenvalue weighted by Gasteiger charge is -2.32. The topological polar surface area (TPSA) is 59.4 Å². The van der Waals surface area contributed by atoms with Crippen LogP contribution in [0.1, 0.15) is 52.5 Å². The summed E-state index contributed by atoms with van der Waals surface area (Å²) in [5, 5.41) is 0.913. The number of carbonyl (C=O) groups excluding carboxylic acids is 3. The Labute approximate surface area is 208 Å². The van der Waals surface area contributed by atoms with Crippen LogP contribution in [0.2, 0.25) is 5.02 Å². The second-order valence-corrected chi connectivity index (χ2v) is 10.5. The molecule has 1 saturated carbocycles. The van der Waals surface area contributed by atoms with Gasteiger partial charge in [-0.25, -0.2) is 4.39 Å². The summed E-state index contributed by atoms with van der Waals surface area (Å²) in [6, 6.07) is 9.96. The largest absolute Gasteiger partial charge is 0.350 e. The van der Waals surface area contributed by atoms with E-state index in [1.165, 1.54) is 12.1 Å². The number of hydrogen-bond donors (Lipinski definition) is 0. The summed E-state index contributed by atoms with van der Waals surface area (Å²) in [5.41, 5.74) is 2.49. The normalized spacial score (nSPS) is 20.3. The lowest BCUT2D eigenvalue weighted by molar-refractivity contribution is -0.116. The van der Waals surface area contributed by atoms with Crippen LogP contribution in [0.5, 0.6) is 0 Å². The van der Waals surface area contributed by atoms with Crippen LogP contribution in [-0.2, 0) is 18.3 Å². The van der Waals surface area contributed by atoms with E-state index in [1.807, 2.05) is 19.1 Å². The number of piperidine rings is 1. The number of nitrogens with zero attached hydrogens (tertiary/aromatic N) is 2. The Morgan fingerprint density at radius 3 is 2.34 bits per heavy atom.